The second-order valence-corrected chi connectivity index (χ2v) is 5.01. The van der Waals surface area contributed by atoms with Crippen LogP contribution < -0.4 is 5.32 Å². The van der Waals surface area contributed by atoms with Gasteiger partial charge in [0.15, 0.2) is 0 Å². The molecule has 0 aromatic heterocycles. The molecule has 8 nitrogen and oxygen atoms in total. The smallest absolute Gasteiger partial charge is 0.326 e. The van der Waals surface area contributed by atoms with Crippen LogP contribution in [0.2, 0.25) is 0 Å². The lowest BCUT2D eigenvalue weighted by Gasteiger charge is -2.11. The van der Waals surface area contributed by atoms with Crippen LogP contribution in [-0.2, 0) is 25.5 Å². The van der Waals surface area contributed by atoms with E-state index >= 15 is 0 Å². The van der Waals surface area contributed by atoms with Crippen molar-refractivity contribution in [2.45, 2.75) is 17.4 Å². The van der Waals surface area contributed by atoms with Gasteiger partial charge in [0.05, 0.1) is 6.42 Å². The van der Waals surface area contributed by atoms with Crippen molar-refractivity contribution in [3.8, 4) is 0 Å². The molecule has 0 heterocycles. The van der Waals surface area contributed by atoms with E-state index < -0.39 is 41.4 Å². The minimum atomic E-state index is -2.49. The van der Waals surface area contributed by atoms with Crippen LogP contribution >= 0.6 is 0 Å². The van der Waals surface area contributed by atoms with Crippen molar-refractivity contribution in [1.29, 1.82) is 0 Å². The van der Waals surface area contributed by atoms with Gasteiger partial charge in [0.1, 0.15) is 6.04 Å². The molecule has 2 atom stereocenters. The molecule has 1 aromatic rings. The van der Waals surface area contributed by atoms with Crippen LogP contribution in [0, 0.1) is 0 Å². The average molecular weight is 326 g/mol. The van der Waals surface area contributed by atoms with E-state index in [0.29, 0.717) is 0 Å². The van der Waals surface area contributed by atoms with Gasteiger partial charge >= 0.3 is 11.9 Å². The molecular weight excluding hydrogens is 314 g/mol. The average Bonchev–Trinajstić information content (AvgIpc) is 2.44. The van der Waals surface area contributed by atoms with Crippen molar-refractivity contribution < 1.29 is 33.4 Å². The van der Waals surface area contributed by atoms with Crippen LogP contribution in [-0.4, -0.2) is 42.9 Å². The summed E-state index contributed by atoms with van der Waals surface area (Å²) < 4.78 is 22.0. The summed E-state index contributed by atoms with van der Waals surface area (Å²) in [5.41, 5.74) is 0.246. The minimum Gasteiger partial charge on any atom is -0.768 e. The Morgan fingerprint density at radius 1 is 1.27 bits per heavy atom. The zero-order valence-corrected chi connectivity index (χ0v) is 11.9. The van der Waals surface area contributed by atoms with E-state index in [9.17, 15) is 23.1 Å². The zero-order valence-electron chi connectivity index (χ0n) is 11.1. The first-order valence-corrected chi connectivity index (χ1v) is 7.00. The highest BCUT2D eigenvalue weighted by Gasteiger charge is 2.21. The topological polar surface area (TPSA) is 144 Å². The van der Waals surface area contributed by atoms with E-state index in [1.54, 1.807) is 6.07 Å². The molecular formula is C13H12NO7S-. The molecule has 0 saturated carbocycles. The van der Waals surface area contributed by atoms with Gasteiger partial charge in [-0.1, -0.05) is 18.2 Å². The maximum absolute atomic E-state index is 11.6. The zero-order chi connectivity index (χ0) is 16.7. The van der Waals surface area contributed by atoms with Crippen molar-refractivity contribution in [2.75, 3.05) is 0 Å². The number of benzene rings is 1. The van der Waals surface area contributed by atoms with E-state index in [1.165, 1.54) is 24.3 Å². The van der Waals surface area contributed by atoms with Crippen molar-refractivity contribution in [1.82, 2.24) is 5.32 Å². The van der Waals surface area contributed by atoms with Gasteiger partial charge in [-0.3, -0.25) is 13.8 Å². The van der Waals surface area contributed by atoms with E-state index in [2.05, 4.69) is 0 Å². The highest BCUT2D eigenvalue weighted by Crippen LogP contribution is 2.13. The van der Waals surface area contributed by atoms with Gasteiger partial charge in [-0.2, -0.15) is 0 Å². The molecule has 1 amide bonds. The number of aliphatic carboxylic acids is 2. The molecule has 0 aliphatic rings. The fourth-order valence-corrected chi connectivity index (χ4v) is 2.05. The Labute approximate surface area is 127 Å². The molecule has 118 valence electrons. The largest absolute Gasteiger partial charge is 0.768 e. The first kappa shape index (κ1) is 17.5. The highest BCUT2D eigenvalue weighted by atomic mass is 32.2. The number of carboxylic acid groups (broad SMARTS) is 2. The Bertz CT molecular complexity index is 641. The lowest BCUT2D eigenvalue weighted by atomic mass is 10.2. The van der Waals surface area contributed by atoms with Gasteiger partial charge in [-0.25, -0.2) is 4.79 Å². The molecule has 3 N–H and O–H groups in total. The summed E-state index contributed by atoms with van der Waals surface area (Å²) in [7, 11) is 0. The summed E-state index contributed by atoms with van der Waals surface area (Å²) in [6, 6.07) is 4.30. The van der Waals surface area contributed by atoms with E-state index in [4.69, 9.17) is 10.2 Å². The molecule has 0 saturated heterocycles. The van der Waals surface area contributed by atoms with Crippen molar-refractivity contribution in [2.24, 2.45) is 0 Å². The number of hydrogen-bond acceptors (Lipinski definition) is 5. The van der Waals surface area contributed by atoms with E-state index in [0.717, 1.165) is 6.08 Å². The molecule has 0 bridgehead atoms. The molecule has 0 radical (unpaired) electrons. The molecule has 1 unspecified atom stereocenters. The normalized spacial score (nSPS) is 13.5. The molecule has 0 aliphatic carbocycles. The second-order valence-electron chi connectivity index (χ2n) is 4.10. The third-order valence-electron chi connectivity index (χ3n) is 2.51. The lowest BCUT2D eigenvalue weighted by Crippen LogP contribution is -2.41. The van der Waals surface area contributed by atoms with Gasteiger partial charge in [-0.15, -0.1) is 0 Å². The summed E-state index contributed by atoms with van der Waals surface area (Å²) >= 11 is -2.49. The SMILES string of the molecule is O=C(O)C[C@@H](NC(=O)/C=C/c1ccccc1S(=O)[O-])C(=O)O. The standard InChI is InChI=1S/C13H13NO7S/c15-11(14-9(13(18)19)7-12(16)17)6-5-8-3-1-2-4-10(8)22(20)21/h1-6,9H,7H2,(H,14,15)(H,16,17)(H,18,19)(H,20,21)/p-1/b6-5+/t9-/m1/s1. The summed E-state index contributed by atoms with van der Waals surface area (Å²) in [4.78, 5) is 32.9. The number of carbonyl (C=O) groups is 3. The van der Waals surface area contributed by atoms with E-state index in [-0.39, 0.29) is 10.5 Å². The summed E-state index contributed by atoms with van der Waals surface area (Å²) in [6.45, 7) is 0. The number of rotatable bonds is 7. The Kier molecular flexibility index (Phi) is 6.42. The van der Waals surface area contributed by atoms with Crippen molar-refractivity contribution in [3.05, 3.63) is 35.9 Å². The quantitative estimate of drug-likeness (QED) is 0.472. The number of nitrogens with one attached hydrogen (secondary N) is 1. The predicted molar refractivity (Wildman–Crippen MR) is 74.5 cm³/mol. The number of carboxylic acids is 2. The molecule has 0 fully saturated rings. The number of amides is 1. The fourth-order valence-electron chi connectivity index (χ4n) is 1.53. The summed E-state index contributed by atoms with van der Waals surface area (Å²) in [5.74, 6) is -3.70. The van der Waals surface area contributed by atoms with Gasteiger partial charge in [-0.05, 0) is 28.8 Å². The first-order chi connectivity index (χ1) is 10.3. The third-order valence-corrected chi connectivity index (χ3v) is 3.24. The van der Waals surface area contributed by atoms with E-state index in [1.807, 2.05) is 5.32 Å². The lowest BCUT2D eigenvalue weighted by molar-refractivity contribution is -0.146. The maximum Gasteiger partial charge on any atom is 0.326 e. The molecule has 1 rings (SSSR count). The molecule has 22 heavy (non-hydrogen) atoms. The minimum absolute atomic E-state index is 0.0214. The molecule has 9 heteroatoms. The van der Waals surface area contributed by atoms with Crippen LogP contribution in [0.1, 0.15) is 12.0 Å². The summed E-state index contributed by atoms with van der Waals surface area (Å²) in [5, 5.41) is 19.3. The van der Waals surface area contributed by atoms with Gasteiger partial charge in [0.25, 0.3) is 0 Å². The second kappa shape index (κ2) is 8.05. The number of carbonyl (C=O) groups excluding carboxylic acids is 1. The highest BCUT2D eigenvalue weighted by molar-refractivity contribution is 7.79. The van der Waals surface area contributed by atoms with Gasteiger partial charge in [0, 0.05) is 11.0 Å². The molecule has 1 aromatic carbocycles. The summed E-state index contributed by atoms with van der Waals surface area (Å²) in [6.07, 6.45) is 1.36. The van der Waals surface area contributed by atoms with Crippen molar-refractivity contribution in [3.63, 3.8) is 0 Å². The van der Waals surface area contributed by atoms with Crippen LogP contribution in [0.15, 0.2) is 35.2 Å². The van der Waals surface area contributed by atoms with Gasteiger partial charge < -0.3 is 20.1 Å². The first-order valence-electron chi connectivity index (χ1n) is 5.92. The third kappa shape index (κ3) is 5.46. The maximum atomic E-state index is 11.6. The Hall–Kier alpha value is -2.52. The van der Waals surface area contributed by atoms with Gasteiger partial charge in [0.2, 0.25) is 5.91 Å². The Morgan fingerprint density at radius 3 is 2.45 bits per heavy atom. The van der Waals surface area contributed by atoms with Crippen LogP contribution in [0.25, 0.3) is 6.08 Å². The predicted octanol–water partition coefficient (Wildman–Crippen LogP) is -0.0181. The number of hydrogen-bond donors (Lipinski definition) is 3. The van der Waals surface area contributed by atoms with Crippen LogP contribution in [0.3, 0.4) is 0 Å². The fraction of sp³-hybridized carbons (Fsp3) is 0.154. The monoisotopic (exact) mass is 326 g/mol. The van der Waals surface area contributed by atoms with Crippen LogP contribution in [0.5, 0.6) is 0 Å². The molecule has 0 aliphatic heterocycles. The van der Waals surface area contributed by atoms with Crippen molar-refractivity contribution >= 4 is 35.0 Å². The molecule has 0 spiro atoms. The van der Waals surface area contributed by atoms with Crippen LogP contribution in [0.4, 0.5) is 0 Å². The Balaban J connectivity index is 2.82. The Morgan fingerprint density at radius 2 is 1.91 bits per heavy atom.